The minimum absolute atomic E-state index is 0.0462. The second-order valence-corrected chi connectivity index (χ2v) is 11.0. The first kappa shape index (κ1) is 24.6. The summed E-state index contributed by atoms with van der Waals surface area (Å²) in [4.78, 5) is 37.6. The number of sulfone groups is 1. The van der Waals surface area contributed by atoms with Crippen molar-refractivity contribution in [2.24, 2.45) is 11.8 Å². The van der Waals surface area contributed by atoms with Crippen molar-refractivity contribution in [2.75, 3.05) is 19.3 Å². The van der Waals surface area contributed by atoms with Gasteiger partial charge in [-0.05, 0) is 36.8 Å². The SMILES string of the molecule is CC(C)Cc1ccc(C(=O)C2CCN(C(=O)c3cc([N+](=O)[O-])cc(S(C)(=O)=O)c3)CC2)cc1. The summed E-state index contributed by atoms with van der Waals surface area (Å²) in [5, 5.41) is 11.2. The molecule has 1 fully saturated rings. The first-order valence-electron chi connectivity index (χ1n) is 10.9. The highest BCUT2D eigenvalue weighted by molar-refractivity contribution is 7.90. The summed E-state index contributed by atoms with van der Waals surface area (Å²) >= 11 is 0. The Balaban J connectivity index is 1.69. The number of carbonyl (C=O) groups excluding carboxylic acids is 2. The molecule has 33 heavy (non-hydrogen) atoms. The predicted molar refractivity (Wildman–Crippen MR) is 124 cm³/mol. The van der Waals surface area contributed by atoms with Crippen LogP contribution in [0.5, 0.6) is 0 Å². The smallest absolute Gasteiger partial charge is 0.271 e. The van der Waals surface area contributed by atoms with E-state index in [9.17, 15) is 28.1 Å². The number of benzene rings is 2. The maximum Gasteiger partial charge on any atom is 0.271 e. The molecule has 2 aromatic rings. The topological polar surface area (TPSA) is 115 Å². The molecule has 1 heterocycles. The first-order chi connectivity index (χ1) is 15.5. The van der Waals surface area contributed by atoms with Crippen LogP contribution in [0.3, 0.4) is 0 Å². The molecule has 1 amide bonds. The molecule has 0 aromatic heterocycles. The third-order valence-electron chi connectivity index (χ3n) is 5.81. The van der Waals surface area contributed by atoms with Crippen LogP contribution in [-0.4, -0.2) is 49.3 Å². The van der Waals surface area contributed by atoms with Crippen molar-refractivity contribution in [1.29, 1.82) is 0 Å². The summed E-state index contributed by atoms with van der Waals surface area (Å²) in [6.45, 7) is 4.92. The quantitative estimate of drug-likeness (QED) is 0.343. The van der Waals surface area contributed by atoms with Crippen molar-refractivity contribution < 1.29 is 22.9 Å². The van der Waals surface area contributed by atoms with Gasteiger partial charge in [0.15, 0.2) is 15.6 Å². The van der Waals surface area contributed by atoms with Crippen molar-refractivity contribution in [3.8, 4) is 0 Å². The van der Waals surface area contributed by atoms with Gasteiger partial charge in [-0.3, -0.25) is 19.7 Å². The number of likely N-dealkylation sites (tertiary alicyclic amines) is 1. The lowest BCUT2D eigenvalue weighted by molar-refractivity contribution is -0.385. The average Bonchev–Trinajstić information content (AvgIpc) is 2.77. The van der Waals surface area contributed by atoms with Crippen LogP contribution in [0, 0.1) is 22.0 Å². The highest BCUT2D eigenvalue weighted by Gasteiger charge is 2.29. The van der Waals surface area contributed by atoms with Crippen molar-refractivity contribution in [3.63, 3.8) is 0 Å². The maximum atomic E-state index is 12.9. The zero-order chi connectivity index (χ0) is 24.3. The molecule has 1 saturated heterocycles. The molecule has 9 heteroatoms. The van der Waals surface area contributed by atoms with Gasteiger partial charge in [0.25, 0.3) is 11.6 Å². The van der Waals surface area contributed by atoms with Crippen LogP contribution >= 0.6 is 0 Å². The average molecular weight is 473 g/mol. The number of rotatable bonds is 7. The van der Waals surface area contributed by atoms with Crippen molar-refractivity contribution in [1.82, 2.24) is 4.90 Å². The van der Waals surface area contributed by atoms with E-state index in [-0.39, 0.29) is 22.2 Å². The Bertz CT molecular complexity index is 1160. The number of nitrogens with zero attached hydrogens (tertiary/aromatic N) is 2. The van der Waals surface area contributed by atoms with Gasteiger partial charge in [0.05, 0.1) is 9.82 Å². The van der Waals surface area contributed by atoms with Crippen LogP contribution in [-0.2, 0) is 16.3 Å². The third-order valence-corrected chi connectivity index (χ3v) is 6.90. The number of carbonyl (C=O) groups is 2. The minimum atomic E-state index is -3.73. The van der Waals surface area contributed by atoms with Crippen LogP contribution < -0.4 is 0 Å². The molecule has 8 nitrogen and oxygen atoms in total. The Morgan fingerprint density at radius 1 is 1.06 bits per heavy atom. The van der Waals surface area contributed by atoms with Crippen LogP contribution in [0.1, 0.15) is 53.0 Å². The fraction of sp³-hybridized carbons (Fsp3) is 0.417. The Morgan fingerprint density at radius 3 is 2.18 bits per heavy atom. The fourth-order valence-electron chi connectivity index (χ4n) is 4.07. The van der Waals surface area contributed by atoms with E-state index in [0.29, 0.717) is 37.4 Å². The van der Waals surface area contributed by atoms with E-state index in [1.54, 1.807) is 0 Å². The van der Waals surface area contributed by atoms with Gasteiger partial charge in [0.2, 0.25) is 0 Å². The Morgan fingerprint density at radius 2 is 1.67 bits per heavy atom. The molecule has 0 saturated carbocycles. The molecule has 176 valence electrons. The number of ketones is 1. The van der Waals surface area contributed by atoms with Crippen LogP contribution in [0.25, 0.3) is 0 Å². The van der Waals surface area contributed by atoms with Gasteiger partial charge >= 0.3 is 0 Å². The van der Waals surface area contributed by atoms with E-state index in [2.05, 4.69) is 13.8 Å². The molecule has 0 atom stereocenters. The fourth-order valence-corrected chi connectivity index (χ4v) is 4.74. The Labute approximate surface area is 193 Å². The van der Waals surface area contributed by atoms with Gasteiger partial charge < -0.3 is 4.90 Å². The number of nitro benzene ring substituents is 1. The number of nitro groups is 1. The van der Waals surface area contributed by atoms with Gasteiger partial charge in [0.1, 0.15) is 0 Å². The standard InChI is InChI=1S/C24H28N2O6S/c1-16(2)12-17-4-6-18(7-5-17)23(27)19-8-10-25(11-9-19)24(28)20-13-21(26(29)30)15-22(14-20)33(3,31)32/h4-7,13-16,19H,8-12H2,1-3H3. The summed E-state index contributed by atoms with van der Waals surface area (Å²) in [5.41, 5.74) is 1.35. The van der Waals surface area contributed by atoms with Crippen molar-refractivity contribution >= 4 is 27.2 Å². The van der Waals surface area contributed by atoms with Gasteiger partial charge in [-0.25, -0.2) is 8.42 Å². The molecule has 0 bridgehead atoms. The summed E-state index contributed by atoms with van der Waals surface area (Å²) in [6, 6.07) is 10.9. The molecule has 0 radical (unpaired) electrons. The summed E-state index contributed by atoms with van der Waals surface area (Å²) in [7, 11) is -3.73. The lowest BCUT2D eigenvalue weighted by atomic mass is 9.88. The number of Topliss-reactive ketones (excluding diaryl/α,β-unsaturated/α-hetero) is 1. The van der Waals surface area contributed by atoms with E-state index in [4.69, 9.17) is 0 Å². The maximum absolute atomic E-state index is 12.9. The molecular weight excluding hydrogens is 444 g/mol. The molecule has 0 N–H and O–H groups in total. The number of hydrogen-bond donors (Lipinski definition) is 0. The van der Waals surface area contributed by atoms with Crippen molar-refractivity contribution in [2.45, 2.75) is 38.0 Å². The molecule has 0 unspecified atom stereocenters. The summed E-state index contributed by atoms with van der Waals surface area (Å²) in [6.07, 6.45) is 2.85. The number of non-ortho nitro benzene ring substituents is 1. The molecule has 0 aliphatic carbocycles. The van der Waals surface area contributed by atoms with Gasteiger partial charge in [-0.15, -0.1) is 0 Å². The van der Waals surface area contributed by atoms with Gasteiger partial charge in [-0.2, -0.15) is 0 Å². The molecular formula is C24H28N2O6S. The molecule has 0 spiro atoms. The Hall–Kier alpha value is -3.07. The predicted octanol–water partition coefficient (Wildman–Crippen LogP) is 3.93. The third kappa shape index (κ3) is 6.04. The monoisotopic (exact) mass is 472 g/mol. The normalized spacial score (nSPS) is 15.0. The first-order valence-corrected chi connectivity index (χ1v) is 12.8. The zero-order valence-corrected chi connectivity index (χ0v) is 19.8. The lowest BCUT2D eigenvalue weighted by Crippen LogP contribution is -2.40. The molecule has 3 rings (SSSR count). The summed E-state index contributed by atoms with van der Waals surface area (Å²) in [5.74, 6) is -0.102. The molecule has 2 aromatic carbocycles. The van der Waals surface area contributed by atoms with E-state index < -0.39 is 26.4 Å². The number of hydrogen-bond acceptors (Lipinski definition) is 6. The van der Waals surface area contributed by atoms with E-state index in [1.165, 1.54) is 16.5 Å². The highest BCUT2D eigenvalue weighted by Crippen LogP contribution is 2.26. The van der Waals surface area contributed by atoms with E-state index >= 15 is 0 Å². The summed E-state index contributed by atoms with van der Waals surface area (Å²) < 4.78 is 23.8. The molecule has 1 aliphatic heterocycles. The number of amides is 1. The van der Waals surface area contributed by atoms with Crippen molar-refractivity contribution in [3.05, 3.63) is 69.3 Å². The second-order valence-electron chi connectivity index (χ2n) is 8.97. The highest BCUT2D eigenvalue weighted by atomic mass is 32.2. The molecule has 1 aliphatic rings. The van der Waals surface area contributed by atoms with E-state index in [0.717, 1.165) is 24.8 Å². The van der Waals surface area contributed by atoms with Crippen LogP contribution in [0.2, 0.25) is 0 Å². The van der Waals surface area contributed by atoms with Gasteiger partial charge in [-0.1, -0.05) is 38.1 Å². The zero-order valence-electron chi connectivity index (χ0n) is 19.0. The van der Waals surface area contributed by atoms with Crippen LogP contribution in [0.15, 0.2) is 47.4 Å². The minimum Gasteiger partial charge on any atom is -0.339 e. The Kier molecular flexibility index (Phi) is 7.31. The number of piperidine rings is 1. The van der Waals surface area contributed by atoms with Crippen LogP contribution in [0.4, 0.5) is 5.69 Å². The largest absolute Gasteiger partial charge is 0.339 e. The van der Waals surface area contributed by atoms with Gasteiger partial charge in [0, 0.05) is 48.5 Å². The lowest BCUT2D eigenvalue weighted by Gasteiger charge is -2.31. The van der Waals surface area contributed by atoms with E-state index in [1.807, 2.05) is 24.3 Å². The second kappa shape index (κ2) is 9.82.